The molecular formula is C18H25BrO2. The topological polar surface area (TPSA) is 37.3 Å². The highest BCUT2D eigenvalue weighted by Crippen LogP contribution is 2.62. The number of ketones is 1. The van der Waals surface area contributed by atoms with Gasteiger partial charge in [0.2, 0.25) is 0 Å². The number of carbonyl (C=O) groups excluding carboxylic acids is 1. The second-order valence-electron chi connectivity index (χ2n) is 8.03. The van der Waals surface area contributed by atoms with Gasteiger partial charge in [0, 0.05) is 11.2 Å². The summed E-state index contributed by atoms with van der Waals surface area (Å²) in [5.41, 5.74) is 1.54. The highest BCUT2D eigenvalue weighted by Gasteiger charge is 2.57. The van der Waals surface area contributed by atoms with Crippen LogP contribution in [0.3, 0.4) is 0 Å². The molecule has 116 valence electrons. The van der Waals surface area contributed by atoms with Crippen LogP contribution in [0.1, 0.15) is 51.9 Å². The van der Waals surface area contributed by atoms with Gasteiger partial charge in [-0.3, -0.25) is 4.79 Å². The zero-order chi connectivity index (χ0) is 14.8. The van der Waals surface area contributed by atoms with Gasteiger partial charge >= 0.3 is 0 Å². The van der Waals surface area contributed by atoms with E-state index in [0.29, 0.717) is 22.4 Å². The van der Waals surface area contributed by atoms with Gasteiger partial charge in [-0.25, -0.2) is 0 Å². The third kappa shape index (κ3) is 2.03. The minimum Gasteiger partial charge on any atom is -0.393 e. The molecule has 3 fully saturated rings. The number of hydrogen-bond donors (Lipinski definition) is 1. The molecule has 7 atom stereocenters. The van der Waals surface area contributed by atoms with Crippen molar-refractivity contribution in [3.63, 3.8) is 0 Å². The van der Waals surface area contributed by atoms with Gasteiger partial charge < -0.3 is 5.11 Å². The Kier molecular flexibility index (Phi) is 3.39. The van der Waals surface area contributed by atoms with Gasteiger partial charge in [0.15, 0.2) is 5.78 Å². The molecule has 4 aliphatic carbocycles. The van der Waals surface area contributed by atoms with Gasteiger partial charge in [-0.05, 0) is 79.3 Å². The summed E-state index contributed by atoms with van der Waals surface area (Å²) in [6, 6.07) is 0. The van der Waals surface area contributed by atoms with Gasteiger partial charge in [0.25, 0.3) is 0 Å². The fourth-order valence-corrected chi connectivity index (χ4v) is 7.02. The second-order valence-corrected chi connectivity index (χ2v) is 9.14. The van der Waals surface area contributed by atoms with E-state index in [4.69, 9.17) is 0 Å². The first-order chi connectivity index (χ1) is 10.0. The van der Waals surface area contributed by atoms with Gasteiger partial charge in [-0.15, -0.1) is 0 Å². The average Bonchev–Trinajstić information content (AvgIpc) is 2.76. The minimum absolute atomic E-state index is 0.0953. The fraction of sp³-hybridized carbons (Fsp3) is 0.833. The van der Waals surface area contributed by atoms with E-state index in [9.17, 15) is 9.90 Å². The molecule has 0 amide bonds. The SMILES string of the molecule is CC12CCC3C4CCC(=O)C=C4C(Br)CC3C1CCC2O. The maximum absolute atomic E-state index is 11.8. The Morgan fingerprint density at radius 1 is 1.24 bits per heavy atom. The second kappa shape index (κ2) is 4.92. The van der Waals surface area contributed by atoms with Crippen LogP contribution in [0, 0.1) is 29.1 Å². The van der Waals surface area contributed by atoms with Crippen LogP contribution in [0.2, 0.25) is 0 Å². The summed E-state index contributed by atoms with van der Waals surface area (Å²) in [5, 5.41) is 10.4. The smallest absolute Gasteiger partial charge is 0.155 e. The van der Waals surface area contributed by atoms with E-state index in [-0.39, 0.29) is 11.5 Å². The zero-order valence-electron chi connectivity index (χ0n) is 12.7. The molecule has 0 heterocycles. The fourth-order valence-electron chi connectivity index (χ4n) is 6.12. The summed E-state index contributed by atoms with van der Waals surface area (Å²) < 4.78 is 0. The number of carbonyl (C=O) groups is 1. The molecule has 2 nitrogen and oxygen atoms in total. The van der Waals surface area contributed by atoms with Crippen molar-refractivity contribution in [3.8, 4) is 0 Å². The van der Waals surface area contributed by atoms with Crippen LogP contribution in [0.4, 0.5) is 0 Å². The van der Waals surface area contributed by atoms with E-state index in [0.717, 1.165) is 37.5 Å². The van der Waals surface area contributed by atoms with Crippen molar-refractivity contribution in [1.29, 1.82) is 0 Å². The summed E-state index contributed by atoms with van der Waals surface area (Å²) in [7, 11) is 0. The standard InChI is InChI=1S/C18H25BrO2/c1-18-7-6-12-11-3-2-10(20)8-14(11)16(19)9-13(12)15(18)4-5-17(18)21/h8,11-13,15-17,21H,2-7,9H2,1H3. The van der Waals surface area contributed by atoms with Gasteiger partial charge in [-0.2, -0.15) is 0 Å². The van der Waals surface area contributed by atoms with Crippen molar-refractivity contribution >= 4 is 21.7 Å². The molecular weight excluding hydrogens is 328 g/mol. The molecule has 0 radical (unpaired) electrons. The summed E-state index contributed by atoms with van der Waals surface area (Å²) in [6.07, 6.45) is 9.40. The Balaban J connectivity index is 1.67. The van der Waals surface area contributed by atoms with Crippen LogP contribution >= 0.6 is 15.9 Å². The van der Waals surface area contributed by atoms with Crippen molar-refractivity contribution < 1.29 is 9.90 Å². The number of hydrogen-bond acceptors (Lipinski definition) is 2. The van der Waals surface area contributed by atoms with E-state index in [1.54, 1.807) is 0 Å². The summed E-state index contributed by atoms with van der Waals surface area (Å²) >= 11 is 3.87. The highest BCUT2D eigenvalue weighted by atomic mass is 79.9. The van der Waals surface area contributed by atoms with E-state index < -0.39 is 0 Å². The first kappa shape index (κ1) is 14.4. The molecule has 0 aliphatic heterocycles. The Labute approximate surface area is 135 Å². The molecule has 4 rings (SSSR count). The number of aliphatic hydroxyl groups excluding tert-OH is 1. The molecule has 0 saturated heterocycles. The van der Waals surface area contributed by atoms with Crippen LogP contribution in [0.5, 0.6) is 0 Å². The summed E-state index contributed by atoms with van der Waals surface area (Å²) in [6.45, 7) is 2.32. The van der Waals surface area contributed by atoms with Gasteiger partial charge in [0.1, 0.15) is 0 Å². The molecule has 0 bridgehead atoms. The molecule has 0 spiro atoms. The molecule has 4 aliphatic rings. The molecule has 0 aromatic rings. The predicted octanol–water partition coefficient (Wildman–Crippen LogP) is 3.86. The molecule has 21 heavy (non-hydrogen) atoms. The number of alkyl halides is 1. The number of fused-ring (bicyclic) bond motifs is 5. The lowest BCUT2D eigenvalue weighted by atomic mass is 9.52. The molecule has 0 aromatic carbocycles. The normalized spacial score (nSPS) is 52.7. The molecule has 0 aromatic heterocycles. The van der Waals surface area contributed by atoms with Gasteiger partial charge in [-0.1, -0.05) is 22.9 Å². The number of aliphatic hydroxyl groups is 1. The van der Waals surface area contributed by atoms with Crippen LogP contribution in [-0.4, -0.2) is 21.8 Å². The Morgan fingerprint density at radius 3 is 2.86 bits per heavy atom. The first-order valence-electron chi connectivity index (χ1n) is 8.57. The molecule has 3 saturated carbocycles. The largest absolute Gasteiger partial charge is 0.393 e. The number of rotatable bonds is 0. The maximum atomic E-state index is 11.8. The number of allylic oxidation sites excluding steroid dienone is 1. The van der Waals surface area contributed by atoms with Crippen LogP contribution < -0.4 is 0 Å². The van der Waals surface area contributed by atoms with E-state index in [1.165, 1.54) is 24.8 Å². The van der Waals surface area contributed by atoms with Crippen molar-refractivity contribution in [2.75, 3.05) is 0 Å². The van der Waals surface area contributed by atoms with Crippen molar-refractivity contribution in [2.45, 2.75) is 62.8 Å². The Bertz CT molecular complexity index is 499. The molecule has 7 unspecified atom stereocenters. The lowest BCUT2D eigenvalue weighted by molar-refractivity contribution is -0.116. The molecule has 3 heteroatoms. The summed E-state index contributed by atoms with van der Waals surface area (Å²) in [4.78, 5) is 12.2. The average molecular weight is 353 g/mol. The van der Waals surface area contributed by atoms with Crippen LogP contribution in [-0.2, 0) is 4.79 Å². The third-order valence-electron chi connectivity index (χ3n) is 7.26. The Morgan fingerprint density at radius 2 is 2.05 bits per heavy atom. The first-order valence-corrected chi connectivity index (χ1v) is 9.48. The van der Waals surface area contributed by atoms with E-state index >= 15 is 0 Å². The minimum atomic E-state index is -0.0953. The Hall–Kier alpha value is -0.150. The number of halogens is 1. The lowest BCUT2D eigenvalue weighted by Gasteiger charge is -2.54. The summed E-state index contributed by atoms with van der Waals surface area (Å²) in [5.74, 6) is 3.11. The quantitative estimate of drug-likeness (QED) is 0.672. The highest BCUT2D eigenvalue weighted by molar-refractivity contribution is 9.09. The van der Waals surface area contributed by atoms with Gasteiger partial charge in [0.05, 0.1) is 6.10 Å². The van der Waals surface area contributed by atoms with Crippen molar-refractivity contribution in [1.82, 2.24) is 0 Å². The third-order valence-corrected chi connectivity index (χ3v) is 8.16. The van der Waals surface area contributed by atoms with E-state index in [1.807, 2.05) is 6.08 Å². The van der Waals surface area contributed by atoms with Crippen LogP contribution in [0.15, 0.2) is 11.6 Å². The van der Waals surface area contributed by atoms with Crippen molar-refractivity contribution in [2.24, 2.45) is 29.1 Å². The van der Waals surface area contributed by atoms with E-state index in [2.05, 4.69) is 22.9 Å². The lowest BCUT2D eigenvalue weighted by Crippen LogP contribution is -2.49. The molecule has 1 N–H and O–H groups in total. The predicted molar refractivity (Wildman–Crippen MR) is 86.2 cm³/mol. The van der Waals surface area contributed by atoms with Crippen molar-refractivity contribution in [3.05, 3.63) is 11.6 Å². The monoisotopic (exact) mass is 352 g/mol. The van der Waals surface area contributed by atoms with Crippen LogP contribution in [0.25, 0.3) is 0 Å². The maximum Gasteiger partial charge on any atom is 0.155 e. The zero-order valence-corrected chi connectivity index (χ0v) is 14.3.